The van der Waals surface area contributed by atoms with Crippen LogP contribution in [0.25, 0.3) is 0 Å². The molecule has 210 valence electrons. The Kier molecular flexibility index (Phi) is 7.23. The predicted molar refractivity (Wildman–Crippen MR) is 143 cm³/mol. The van der Waals surface area contributed by atoms with Crippen molar-refractivity contribution in [3.8, 4) is 5.75 Å². The molecule has 0 spiro atoms. The number of ether oxygens (including phenoxy) is 1. The van der Waals surface area contributed by atoms with E-state index in [1.54, 1.807) is 18.3 Å². The molecule has 11 nitrogen and oxygen atoms in total. The number of para-hydroxylation sites is 1. The number of carboxylic acids is 1. The minimum absolute atomic E-state index is 0.0195. The third kappa shape index (κ3) is 5.05. The van der Waals surface area contributed by atoms with E-state index < -0.39 is 24.6 Å². The van der Waals surface area contributed by atoms with Gasteiger partial charge in [-0.1, -0.05) is 31.2 Å². The summed E-state index contributed by atoms with van der Waals surface area (Å²) >= 11 is 0. The van der Waals surface area contributed by atoms with Crippen molar-refractivity contribution in [1.82, 2.24) is 25.2 Å². The van der Waals surface area contributed by atoms with Gasteiger partial charge < -0.3 is 29.4 Å². The lowest BCUT2D eigenvalue weighted by molar-refractivity contribution is -0.199. The maximum atomic E-state index is 13.3. The second kappa shape index (κ2) is 10.2. The summed E-state index contributed by atoms with van der Waals surface area (Å²) in [7, 11) is 4.63. The van der Waals surface area contributed by atoms with E-state index in [2.05, 4.69) is 36.4 Å². The molecule has 1 saturated heterocycles. The van der Waals surface area contributed by atoms with Gasteiger partial charge in [0, 0.05) is 6.54 Å². The molecule has 4 aliphatic rings. The molecule has 2 heterocycles. The molecule has 4 fully saturated rings. The fourth-order valence-corrected chi connectivity index (χ4v) is 6.89. The molecule has 1 unspecified atom stereocenters. The number of hydrogen-bond acceptors (Lipinski definition) is 8. The topological polar surface area (TPSA) is 128 Å². The van der Waals surface area contributed by atoms with Gasteiger partial charge in [0.15, 0.2) is 0 Å². The molecule has 1 aromatic carbocycles. The predicted octanol–water partition coefficient (Wildman–Crippen LogP) is 2.04. The van der Waals surface area contributed by atoms with Crippen LogP contribution in [0, 0.1) is 17.3 Å². The number of benzene rings is 1. The second-order valence-corrected chi connectivity index (χ2v) is 12.2. The molecule has 1 aliphatic heterocycles. The molecule has 3 saturated carbocycles. The Balaban J connectivity index is 1.39. The summed E-state index contributed by atoms with van der Waals surface area (Å²) in [6.45, 7) is 7.33. The van der Waals surface area contributed by atoms with Crippen molar-refractivity contribution < 1.29 is 28.7 Å². The van der Waals surface area contributed by atoms with E-state index in [4.69, 9.17) is 14.0 Å². The largest absolute Gasteiger partial charge is 0.496 e. The van der Waals surface area contributed by atoms with Crippen LogP contribution in [0.2, 0.25) is 0 Å². The number of nitrogens with zero attached hydrogens (tertiary/aromatic N) is 4. The van der Waals surface area contributed by atoms with Gasteiger partial charge in [0.25, 0.3) is 0 Å². The normalized spacial score (nSPS) is 27.6. The number of rotatable bonds is 10. The van der Waals surface area contributed by atoms with Crippen LogP contribution >= 0.6 is 0 Å². The number of amides is 1. The second-order valence-electron chi connectivity index (χ2n) is 12.2. The van der Waals surface area contributed by atoms with E-state index >= 15 is 0 Å². The summed E-state index contributed by atoms with van der Waals surface area (Å²) in [4.78, 5) is 27.1. The van der Waals surface area contributed by atoms with Crippen molar-refractivity contribution in [2.75, 3.05) is 21.2 Å². The van der Waals surface area contributed by atoms with E-state index in [1.807, 2.05) is 19.0 Å². The average molecular weight is 539 g/mol. The number of aromatic carboxylic acids is 1. The quantitative estimate of drug-likeness (QED) is 0.436. The minimum atomic E-state index is -1.08. The lowest BCUT2D eigenvalue weighted by Gasteiger charge is -2.64. The van der Waals surface area contributed by atoms with Gasteiger partial charge in [0.05, 0.1) is 36.6 Å². The highest BCUT2D eigenvalue weighted by Gasteiger charge is 2.68. The maximum absolute atomic E-state index is 13.3. The van der Waals surface area contributed by atoms with Crippen LogP contribution in [-0.4, -0.2) is 82.8 Å². The molecule has 1 amide bonds. The Morgan fingerprint density at radius 2 is 2.08 bits per heavy atom. The molecule has 5 atom stereocenters. The third-order valence-corrected chi connectivity index (χ3v) is 8.98. The zero-order chi connectivity index (χ0) is 28.1. The van der Waals surface area contributed by atoms with Crippen molar-refractivity contribution in [2.24, 2.45) is 17.3 Å². The van der Waals surface area contributed by atoms with Crippen molar-refractivity contribution in [3.63, 3.8) is 0 Å². The van der Waals surface area contributed by atoms with Gasteiger partial charge >= 0.3 is 13.1 Å². The first-order chi connectivity index (χ1) is 18.4. The summed E-state index contributed by atoms with van der Waals surface area (Å²) in [5.41, 5.74) is 1.20. The van der Waals surface area contributed by atoms with E-state index in [0.717, 1.165) is 18.5 Å². The molecule has 3 aliphatic carbocycles. The van der Waals surface area contributed by atoms with Crippen molar-refractivity contribution >= 4 is 19.0 Å². The Morgan fingerprint density at radius 3 is 2.74 bits per heavy atom. The minimum Gasteiger partial charge on any atom is -0.496 e. The number of aromatic nitrogens is 3. The van der Waals surface area contributed by atoms with E-state index in [0.29, 0.717) is 23.9 Å². The first kappa shape index (κ1) is 27.6. The number of nitrogens with one attached hydrogen (secondary N) is 1. The number of methoxy groups -OCH3 is 1. The molecule has 2 bridgehead atoms. The Labute approximate surface area is 229 Å². The van der Waals surface area contributed by atoms with Crippen LogP contribution in [0.3, 0.4) is 0 Å². The van der Waals surface area contributed by atoms with Crippen LogP contribution < -0.4 is 10.1 Å². The highest BCUT2D eigenvalue weighted by molar-refractivity contribution is 6.48. The van der Waals surface area contributed by atoms with Gasteiger partial charge in [0.2, 0.25) is 5.91 Å². The van der Waals surface area contributed by atoms with Gasteiger partial charge in [-0.25, -0.2) is 9.48 Å². The first-order valence-electron chi connectivity index (χ1n) is 13.5. The molecule has 1 aromatic heterocycles. The fraction of sp³-hybridized carbons (Fsp3) is 0.630. The van der Waals surface area contributed by atoms with Crippen LogP contribution in [0.5, 0.6) is 5.75 Å². The molecule has 39 heavy (non-hydrogen) atoms. The van der Waals surface area contributed by atoms with Crippen molar-refractivity contribution in [2.45, 2.75) is 70.8 Å². The van der Waals surface area contributed by atoms with Gasteiger partial charge in [0.1, 0.15) is 17.9 Å². The van der Waals surface area contributed by atoms with Gasteiger partial charge in [-0.2, -0.15) is 0 Å². The summed E-state index contributed by atoms with van der Waals surface area (Å²) in [5.74, 6) is -0.714. The van der Waals surface area contributed by atoms with Crippen LogP contribution in [0.4, 0.5) is 0 Å². The zero-order valence-electron chi connectivity index (χ0n) is 23.5. The highest BCUT2D eigenvalue weighted by atomic mass is 16.7. The molecular formula is C27H38BN5O6. The lowest BCUT2D eigenvalue weighted by atomic mass is 9.43. The number of carbonyl (C=O) groups excluding carboxylic acids is 1. The van der Waals surface area contributed by atoms with Gasteiger partial charge in [-0.15, -0.1) is 5.10 Å². The van der Waals surface area contributed by atoms with Crippen LogP contribution in [0.1, 0.15) is 55.2 Å². The van der Waals surface area contributed by atoms with Gasteiger partial charge in [-0.3, -0.25) is 4.79 Å². The molecule has 2 aromatic rings. The van der Waals surface area contributed by atoms with E-state index in [-0.39, 0.29) is 41.7 Å². The van der Waals surface area contributed by atoms with Gasteiger partial charge in [-0.05, 0) is 69.2 Å². The maximum Gasteiger partial charge on any atom is 0.482 e. The molecule has 12 heteroatoms. The first-order valence-corrected chi connectivity index (χ1v) is 13.5. The standard InChI is InChI=1S/C27H38BN5O6/c1-26(2)17-11-20(26)27(3)21(12-17)38-28(39-27)22(10-16-8-7-9-19(25(35)36)24(16)37-6)29-23(34)15-33-14-18(30-31-33)13-32(4)5/h7-9,14,17,20-22H,10-13,15H2,1-6H3,(H,29,34)(H,35,36)/t17-,20-,21+,22?,27-/m0/s1. The Bertz CT molecular complexity index is 1250. The third-order valence-electron chi connectivity index (χ3n) is 8.98. The fourth-order valence-electron chi connectivity index (χ4n) is 6.89. The molecule has 6 rings (SSSR count). The molecule has 2 N–H and O–H groups in total. The smallest absolute Gasteiger partial charge is 0.482 e. The van der Waals surface area contributed by atoms with Crippen LogP contribution in [0.15, 0.2) is 24.4 Å². The SMILES string of the molecule is COc1c(CC(NC(=O)Cn2cc(CN(C)C)nn2)B2O[C@@H]3C[C@@H]4C[C@@H](C4(C)C)[C@]3(C)O2)cccc1C(=O)O. The zero-order valence-corrected chi connectivity index (χ0v) is 23.5. The Morgan fingerprint density at radius 1 is 1.31 bits per heavy atom. The molecular weight excluding hydrogens is 501 g/mol. The lowest BCUT2D eigenvalue weighted by Crippen LogP contribution is -2.65. The Hall–Kier alpha value is -2.96. The van der Waals surface area contributed by atoms with Crippen molar-refractivity contribution in [1.29, 1.82) is 0 Å². The highest BCUT2D eigenvalue weighted by Crippen LogP contribution is 2.65. The average Bonchev–Trinajstić information content (AvgIpc) is 3.45. The summed E-state index contributed by atoms with van der Waals surface area (Å²) in [6.07, 6.45) is 3.99. The number of carboxylic acid groups (broad SMARTS) is 1. The monoisotopic (exact) mass is 539 g/mol. The van der Waals surface area contributed by atoms with E-state index in [1.165, 1.54) is 17.9 Å². The van der Waals surface area contributed by atoms with Crippen LogP contribution in [-0.2, 0) is 33.6 Å². The summed E-state index contributed by atoms with van der Waals surface area (Å²) < 4.78 is 20.2. The molecule has 0 radical (unpaired) electrons. The number of hydrogen-bond donors (Lipinski definition) is 2. The summed E-state index contributed by atoms with van der Waals surface area (Å²) in [6, 6.07) is 4.98. The van der Waals surface area contributed by atoms with Crippen molar-refractivity contribution in [3.05, 3.63) is 41.2 Å². The number of carbonyl (C=O) groups is 2. The summed E-state index contributed by atoms with van der Waals surface area (Å²) in [5, 5.41) is 21.0. The van der Waals surface area contributed by atoms with E-state index in [9.17, 15) is 14.7 Å².